The first-order valence-corrected chi connectivity index (χ1v) is 6.76. The van der Waals surface area contributed by atoms with Crippen molar-refractivity contribution >= 4 is 22.7 Å². The molecule has 0 saturated heterocycles. The molecule has 0 bridgehead atoms. The number of thiazole rings is 1. The highest BCUT2D eigenvalue weighted by Crippen LogP contribution is 2.13. The predicted molar refractivity (Wildman–Crippen MR) is 66.6 cm³/mol. The highest BCUT2D eigenvalue weighted by Gasteiger charge is 1.99. The van der Waals surface area contributed by atoms with Crippen LogP contribution in [0, 0.1) is 11.3 Å². The van der Waals surface area contributed by atoms with Gasteiger partial charge in [0.05, 0.1) is 16.8 Å². The summed E-state index contributed by atoms with van der Waals surface area (Å²) in [7, 11) is 0. The Balaban J connectivity index is 1.70. The molecule has 0 saturated carbocycles. The van der Waals surface area contributed by atoms with Crippen LogP contribution < -0.4 is 5.32 Å². The first-order valence-electron chi connectivity index (χ1n) is 4.94. The van der Waals surface area contributed by atoms with E-state index in [2.05, 4.69) is 21.8 Å². The highest BCUT2D eigenvalue weighted by atomic mass is 32.1. The molecule has 0 radical (unpaired) electrons. The molecule has 0 amide bonds. The van der Waals surface area contributed by atoms with Crippen molar-refractivity contribution in [2.45, 2.75) is 13.0 Å². The van der Waals surface area contributed by atoms with Crippen molar-refractivity contribution in [1.82, 2.24) is 10.3 Å². The molecule has 3 nitrogen and oxygen atoms in total. The highest BCUT2D eigenvalue weighted by molar-refractivity contribution is 7.10. The Labute approximate surface area is 102 Å². The Morgan fingerprint density at radius 1 is 1.44 bits per heavy atom. The Morgan fingerprint density at radius 3 is 3.06 bits per heavy atom. The van der Waals surface area contributed by atoms with Gasteiger partial charge in [0.1, 0.15) is 6.07 Å². The van der Waals surface area contributed by atoms with Gasteiger partial charge >= 0.3 is 0 Å². The van der Waals surface area contributed by atoms with Crippen molar-refractivity contribution in [1.29, 1.82) is 5.26 Å². The van der Waals surface area contributed by atoms with E-state index in [0.29, 0.717) is 0 Å². The van der Waals surface area contributed by atoms with E-state index in [1.54, 1.807) is 22.7 Å². The Kier molecular flexibility index (Phi) is 4.05. The molecule has 82 valence electrons. The minimum Gasteiger partial charge on any atom is -0.311 e. The van der Waals surface area contributed by atoms with Gasteiger partial charge in [0.15, 0.2) is 0 Å². The molecule has 2 aromatic rings. The number of nitrogens with zero attached hydrogens (tertiary/aromatic N) is 2. The SMILES string of the molecule is N#Cc1csc(CNCCc2cscn2)c1. The molecule has 0 unspecified atom stereocenters. The van der Waals surface area contributed by atoms with Crippen molar-refractivity contribution < 1.29 is 0 Å². The summed E-state index contributed by atoms with van der Waals surface area (Å²) in [5.74, 6) is 0. The van der Waals surface area contributed by atoms with Gasteiger partial charge in [-0.1, -0.05) is 0 Å². The monoisotopic (exact) mass is 249 g/mol. The Hall–Kier alpha value is -1.22. The summed E-state index contributed by atoms with van der Waals surface area (Å²) < 4.78 is 0. The fourth-order valence-electron chi connectivity index (χ4n) is 1.32. The molecule has 0 aliphatic rings. The molecule has 16 heavy (non-hydrogen) atoms. The van der Waals surface area contributed by atoms with E-state index < -0.39 is 0 Å². The largest absolute Gasteiger partial charge is 0.311 e. The zero-order valence-electron chi connectivity index (χ0n) is 8.64. The number of nitrogens with one attached hydrogen (secondary N) is 1. The lowest BCUT2D eigenvalue weighted by molar-refractivity contribution is 0.688. The molecular weight excluding hydrogens is 238 g/mol. The summed E-state index contributed by atoms with van der Waals surface area (Å²) in [6.07, 6.45) is 0.958. The molecule has 0 fully saturated rings. The van der Waals surface area contributed by atoms with Gasteiger partial charge < -0.3 is 5.32 Å². The maximum Gasteiger partial charge on any atom is 0.100 e. The van der Waals surface area contributed by atoms with E-state index in [1.807, 2.05) is 17.0 Å². The van der Waals surface area contributed by atoms with E-state index in [-0.39, 0.29) is 0 Å². The third-order valence-electron chi connectivity index (χ3n) is 2.12. The van der Waals surface area contributed by atoms with Gasteiger partial charge in [0.2, 0.25) is 0 Å². The number of aromatic nitrogens is 1. The Bertz CT molecular complexity index is 468. The van der Waals surface area contributed by atoms with Crippen LogP contribution in [-0.2, 0) is 13.0 Å². The minimum absolute atomic E-state index is 0.751. The van der Waals surface area contributed by atoms with Crippen molar-refractivity contribution in [3.63, 3.8) is 0 Å². The zero-order chi connectivity index (χ0) is 11.2. The van der Waals surface area contributed by atoms with Crippen molar-refractivity contribution in [3.05, 3.63) is 38.5 Å². The summed E-state index contributed by atoms with van der Waals surface area (Å²) in [5, 5.41) is 16.0. The first-order chi connectivity index (χ1) is 7.88. The van der Waals surface area contributed by atoms with Gasteiger partial charge in [-0.15, -0.1) is 22.7 Å². The van der Waals surface area contributed by atoms with Crippen LogP contribution in [0.15, 0.2) is 22.3 Å². The predicted octanol–water partition coefficient (Wildman–Crippen LogP) is 2.41. The van der Waals surface area contributed by atoms with Gasteiger partial charge in [0, 0.05) is 35.1 Å². The molecular formula is C11H11N3S2. The Morgan fingerprint density at radius 2 is 2.38 bits per heavy atom. The number of nitriles is 1. The summed E-state index contributed by atoms with van der Waals surface area (Å²) in [4.78, 5) is 5.42. The van der Waals surface area contributed by atoms with E-state index in [4.69, 9.17) is 5.26 Å². The zero-order valence-corrected chi connectivity index (χ0v) is 10.3. The molecule has 0 aromatic carbocycles. The van der Waals surface area contributed by atoms with Crippen LogP contribution in [0.2, 0.25) is 0 Å². The lowest BCUT2D eigenvalue weighted by atomic mass is 10.3. The topological polar surface area (TPSA) is 48.7 Å². The van der Waals surface area contributed by atoms with Crippen LogP contribution in [0.1, 0.15) is 16.1 Å². The average molecular weight is 249 g/mol. The number of hydrogen-bond acceptors (Lipinski definition) is 5. The summed E-state index contributed by atoms with van der Waals surface area (Å²) >= 11 is 3.25. The van der Waals surface area contributed by atoms with E-state index in [0.717, 1.165) is 30.8 Å². The van der Waals surface area contributed by atoms with Crippen molar-refractivity contribution in [2.24, 2.45) is 0 Å². The molecule has 5 heteroatoms. The lowest BCUT2D eigenvalue weighted by Crippen LogP contribution is -2.16. The van der Waals surface area contributed by atoms with Gasteiger partial charge in [-0.2, -0.15) is 5.26 Å². The van der Waals surface area contributed by atoms with Crippen LogP contribution in [0.3, 0.4) is 0 Å². The van der Waals surface area contributed by atoms with Crippen molar-refractivity contribution in [2.75, 3.05) is 6.54 Å². The van der Waals surface area contributed by atoms with Gasteiger partial charge in [-0.25, -0.2) is 4.98 Å². The van der Waals surface area contributed by atoms with E-state index in [9.17, 15) is 0 Å². The summed E-state index contributed by atoms with van der Waals surface area (Å²) in [5.41, 5.74) is 3.75. The molecule has 0 spiro atoms. The molecule has 0 aliphatic heterocycles. The smallest absolute Gasteiger partial charge is 0.100 e. The normalized spacial score (nSPS) is 10.2. The van der Waals surface area contributed by atoms with Crippen LogP contribution in [-0.4, -0.2) is 11.5 Å². The molecule has 2 heterocycles. The van der Waals surface area contributed by atoms with Gasteiger partial charge in [0.25, 0.3) is 0 Å². The number of rotatable bonds is 5. The molecule has 2 rings (SSSR count). The standard InChI is InChI=1S/C11H11N3S2/c12-4-9-3-11(16-6-9)5-13-2-1-10-7-15-8-14-10/h3,6-8,13H,1-2,5H2. The second-order valence-electron chi connectivity index (χ2n) is 3.32. The fraction of sp³-hybridized carbons (Fsp3) is 0.273. The molecule has 0 atom stereocenters. The molecule has 1 N–H and O–H groups in total. The van der Waals surface area contributed by atoms with Crippen LogP contribution >= 0.6 is 22.7 Å². The second-order valence-corrected chi connectivity index (χ2v) is 5.03. The number of hydrogen-bond donors (Lipinski definition) is 1. The van der Waals surface area contributed by atoms with Gasteiger partial charge in [-0.3, -0.25) is 0 Å². The molecule has 0 aliphatic carbocycles. The minimum atomic E-state index is 0.751. The van der Waals surface area contributed by atoms with Crippen LogP contribution in [0.4, 0.5) is 0 Å². The molecule has 2 aromatic heterocycles. The maximum atomic E-state index is 8.68. The third-order valence-corrected chi connectivity index (χ3v) is 3.70. The van der Waals surface area contributed by atoms with Crippen LogP contribution in [0.25, 0.3) is 0 Å². The van der Waals surface area contributed by atoms with E-state index in [1.165, 1.54) is 4.88 Å². The lowest BCUT2D eigenvalue weighted by Gasteiger charge is -2.00. The maximum absolute atomic E-state index is 8.68. The van der Waals surface area contributed by atoms with Gasteiger partial charge in [-0.05, 0) is 6.07 Å². The summed E-state index contributed by atoms with van der Waals surface area (Å²) in [6.45, 7) is 1.75. The third kappa shape index (κ3) is 3.14. The number of thiophene rings is 1. The van der Waals surface area contributed by atoms with Crippen molar-refractivity contribution in [3.8, 4) is 6.07 Å². The fourth-order valence-corrected chi connectivity index (χ4v) is 2.69. The van der Waals surface area contributed by atoms with Crippen LogP contribution in [0.5, 0.6) is 0 Å². The second kappa shape index (κ2) is 5.75. The quantitative estimate of drug-likeness (QED) is 0.828. The van der Waals surface area contributed by atoms with E-state index >= 15 is 0 Å². The summed E-state index contributed by atoms with van der Waals surface area (Å²) in [6, 6.07) is 4.07. The first kappa shape index (κ1) is 11.3. The average Bonchev–Trinajstić information content (AvgIpc) is 2.95.